The number of nitrogens with one attached hydrogen (secondary N) is 3. The summed E-state index contributed by atoms with van der Waals surface area (Å²) in [6, 6.07) is 15.0. The zero-order valence-corrected chi connectivity index (χ0v) is 38.9. The molecule has 3 amide bonds. The SMILES string of the molecule is CCc1cc2c(cc1N1CCN(C(=O)CCCN3CC4CCC(C3)C4NC(=O)[C@H](CCCc3cccnc3N)NC(=O)OC(C)(C)C)CC1)C(C)(C)c1[nH]c3cc(C#N)ccc3c1C2=O. The van der Waals surface area contributed by atoms with Gasteiger partial charge in [0.2, 0.25) is 11.8 Å². The van der Waals surface area contributed by atoms with E-state index in [4.69, 9.17) is 10.5 Å². The summed E-state index contributed by atoms with van der Waals surface area (Å²) in [4.78, 5) is 68.9. The van der Waals surface area contributed by atoms with Gasteiger partial charge in [-0.25, -0.2) is 9.78 Å². The van der Waals surface area contributed by atoms with Gasteiger partial charge in [0, 0.05) is 91.2 Å². The number of carbonyl (C=O) groups excluding carboxylic acids is 4. The summed E-state index contributed by atoms with van der Waals surface area (Å²) in [5, 5.41) is 16.5. The van der Waals surface area contributed by atoms with E-state index in [1.54, 1.807) is 33.0 Å². The number of benzene rings is 2. The van der Waals surface area contributed by atoms with Crippen LogP contribution in [0.2, 0.25) is 0 Å². The number of pyridine rings is 1. The number of carbonyl (C=O) groups is 4. The molecule has 2 bridgehead atoms. The van der Waals surface area contributed by atoms with Crippen LogP contribution in [0.3, 0.4) is 0 Å². The Morgan fingerprint density at radius 2 is 1.77 bits per heavy atom. The Kier molecular flexibility index (Phi) is 13.0. The van der Waals surface area contributed by atoms with Crippen molar-refractivity contribution in [2.75, 3.05) is 56.4 Å². The van der Waals surface area contributed by atoms with E-state index >= 15 is 0 Å². The number of piperidine rings is 1. The summed E-state index contributed by atoms with van der Waals surface area (Å²) < 4.78 is 5.52. The summed E-state index contributed by atoms with van der Waals surface area (Å²) >= 11 is 0. The maximum atomic E-state index is 14.1. The highest BCUT2D eigenvalue weighted by Gasteiger charge is 2.44. The number of nitrogens with two attached hydrogens (primary N) is 1. The smallest absolute Gasteiger partial charge is 0.408 e. The van der Waals surface area contributed by atoms with Gasteiger partial charge in [0.15, 0.2) is 5.78 Å². The van der Waals surface area contributed by atoms with E-state index in [1.165, 1.54) is 0 Å². The van der Waals surface area contributed by atoms with Crippen molar-refractivity contribution < 1.29 is 23.9 Å². The highest BCUT2D eigenvalue weighted by Crippen LogP contribution is 2.46. The molecule has 3 fully saturated rings. The van der Waals surface area contributed by atoms with Crippen molar-refractivity contribution in [2.45, 2.75) is 116 Å². The molecule has 3 atom stereocenters. The van der Waals surface area contributed by atoms with Gasteiger partial charge in [-0.1, -0.05) is 32.9 Å². The minimum atomic E-state index is -0.742. The summed E-state index contributed by atoms with van der Waals surface area (Å²) in [6.45, 7) is 17.1. The van der Waals surface area contributed by atoms with Gasteiger partial charge in [-0.05, 0) is 131 Å². The zero-order valence-electron chi connectivity index (χ0n) is 38.9. The molecule has 2 unspecified atom stereocenters. The molecule has 2 saturated heterocycles. The van der Waals surface area contributed by atoms with Crippen LogP contribution in [0.15, 0.2) is 48.7 Å². The largest absolute Gasteiger partial charge is 0.444 e. The molecule has 8 rings (SSSR count). The molecule has 14 nitrogen and oxygen atoms in total. The number of piperazine rings is 1. The number of likely N-dealkylation sites (tertiary alicyclic amines) is 1. The average molecular weight is 884 g/mol. The Labute approximate surface area is 382 Å². The van der Waals surface area contributed by atoms with Gasteiger partial charge in [-0.3, -0.25) is 14.4 Å². The molecule has 2 aromatic carbocycles. The standard InChI is InChI=1S/C51H65N9O5/c1-7-32-26-37-38(51(5,6)46-43(45(37)62)36-18-15-31(28-52)25-40(36)55-46)27-41(32)59-21-23-60(24-22-59)42(61)14-10-20-58-29-34-16-17-35(30-58)44(34)57-48(63)39(56-49(64)65-50(2,3)4)13-8-11-33-12-9-19-54-47(33)53/h9,12,15,18-19,25-27,34-35,39,44,55H,7-8,10-11,13-14,16-17,20-24,29-30H2,1-6H3,(H2,53,54)(H,56,64)(H,57,63)/t34?,35?,39-,44?/m0/s1. The van der Waals surface area contributed by atoms with E-state index in [-0.39, 0.29) is 23.6 Å². The number of alkyl carbamates (subject to hydrolysis) is 1. The van der Waals surface area contributed by atoms with Gasteiger partial charge in [0.25, 0.3) is 0 Å². The second-order valence-electron chi connectivity index (χ2n) is 20.1. The van der Waals surface area contributed by atoms with E-state index in [1.807, 2.05) is 29.2 Å². The molecule has 0 radical (unpaired) electrons. The van der Waals surface area contributed by atoms with Crippen molar-refractivity contribution in [3.8, 4) is 6.07 Å². The lowest BCUT2D eigenvalue weighted by molar-refractivity contribution is -0.131. The van der Waals surface area contributed by atoms with E-state index in [0.29, 0.717) is 67.6 Å². The maximum absolute atomic E-state index is 14.1. The molecule has 65 heavy (non-hydrogen) atoms. The lowest BCUT2D eigenvalue weighted by atomic mass is 9.70. The number of ketones is 1. The predicted octanol–water partition coefficient (Wildman–Crippen LogP) is 6.62. The van der Waals surface area contributed by atoms with Crippen LogP contribution in [0.4, 0.5) is 16.3 Å². The van der Waals surface area contributed by atoms with Crippen LogP contribution in [-0.2, 0) is 32.6 Å². The molecule has 1 saturated carbocycles. The minimum absolute atomic E-state index is 0.0135. The fraction of sp³-hybridized carbons (Fsp3) is 0.529. The first-order valence-corrected chi connectivity index (χ1v) is 23.6. The number of anilines is 2. The molecule has 2 aliphatic heterocycles. The van der Waals surface area contributed by atoms with Crippen LogP contribution in [0.1, 0.15) is 124 Å². The molecule has 4 aliphatic rings. The summed E-state index contributed by atoms with van der Waals surface area (Å²) in [5.74, 6) is 1.10. The first-order valence-electron chi connectivity index (χ1n) is 23.6. The Morgan fingerprint density at radius 1 is 1.03 bits per heavy atom. The predicted molar refractivity (Wildman–Crippen MR) is 252 cm³/mol. The molecular weight excluding hydrogens is 819 g/mol. The highest BCUT2D eigenvalue weighted by molar-refractivity contribution is 6.20. The second kappa shape index (κ2) is 18.5. The van der Waals surface area contributed by atoms with Crippen LogP contribution in [0, 0.1) is 23.2 Å². The normalized spacial score (nSPS) is 20.8. The van der Waals surface area contributed by atoms with Crippen molar-refractivity contribution in [1.82, 2.24) is 30.4 Å². The first-order chi connectivity index (χ1) is 31.0. The van der Waals surface area contributed by atoms with E-state index in [9.17, 15) is 24.4 Å². The summed E-state index contributed by atoms with van der Waals surface area (Å²) in [6.07, 6.45) is 6.88. The lowest BCUT2D eigenvalue weighted by Crippen LogP contribution is -2.57. The third-order valence-corrected chi connectivity index (χ3v) is 14.2. The third-order valence-electron chi connectivity index (χ3n) is 14.2. The molecular formula is C51H65N9O5. The number of aromatic amines is 1. The number of H-pyrrole nitrogens is 1. The minimum Gasteiger partial charge on any atom is -0.444 e. The summed E-state index contributed by atoms with van der Waals surface area (Å²) in [7, 11) is 0. The number of aryl methyl sites for hydroxylation is 2. The Morgan fingerprint density at radius 3 is 2.45 bits per heavy atom. The number of aromatic nitrogens is 2. The van der Waals surface area contributed by atoms with Crippen LogP contribution < -0.4 is 21.3 Å². The number of hydrogen-bond acceptors (Lipinski definition) is 10. The van der Waals surface area contributed by atoms with Gasteiger partial charge < -0.3 is 40.8 Å². The summed E-state index contributed by atoms with van der Waals surface area (Å²) in [5.41, 5.74) is 12.7. The average Bonchev–Trinajstić information content (AvgIpc) is 3.77. The van der Waals surface area contributed by atoms with Crippen LogP contribution in [-0.4, -0.2) is 107 Å². The van der Waals surface area contributed by atoms with E-state index in [0.717, 1.165) is 103 Å². The van der Waals surface area contributed by atoms with Crippen LogP contribution in [0.5, 0.6) is 0 Å². The molecule has 4 aromatic rings. The van der Waals surface area contributed by atoms with Crippen molar-refractivity contribution in [2.24, 2.45) is 11.8 Å². The number of hydrogen-bond donors (Lipinski definition) is 4. The topological polar surface area (TPSA) is 190 Å². The van der Waals surface area contributed by atoms with Gasteiger partial charge in [0.05, 0.1) is 17.2 Å². The van der Waals surface area contributed by atoms with Gasteiger partial charge in [0.1, 0.15) is 17.5 Å². The molecule has 14 heteroatoms. The fourth-order valence-electron chi connectivity index (χ4n) is 10.8. The number of amides is 3. The molecule has 5 N–H and O–H groups in total. The van der Waals surface area contributed by atoms with Crippen molar-refractivity contribution >= 4 is 46.1 Å². The van der Waals surface area contributed by atoms with E-state index < -0.39 is 23.2 Å². The fourth-order valence-corrected chi connectivity index (χ4v) is 10.8. The lowest BCUT2D eigenvalue weighted by Gasteiger charge is -2.40. The number of nitrogens with zero attached hydrogens (tertiary/aromatic N) is 5. The molecule has 2 aliphatic carbocycles. The van der Waals surface area contributed by atoms with Crippen molar-refractivity contribution in [3.05, 3.63) is 87.7 Å². The Balaban J connectivity index is 0.828. The highest BCUT2D eigenvalue weighted by atomic mass is 16.6. The molecule has 344 valence electrons. The number of nitrogen functional groups attached to an aromatic ring is 1. The number of fused-ring (bicyclic) bond motifs is 6. The van der Waals surface area contributed by atoms with Crippen LogP contribution >= 0.6 is 0 Å². The van der Waals surface area contributed by atoms with Gasteiger partial charge >= 0.3 is 6.09 Å². The molecule has 4 heterocycles. The Hall–Kier alpha value is -5.94. The van der Waals surface area contributed by atoms with Crippen molar-refractivity contribution in [3.63, 3.8) is 0 Å². The van der Waals surface area contributed by atoms with Gasteiger partial charge in [-0.2, -0.15) is 5.26 Å². The van der Waals surface area contributed by atoms with E-state index in [2.05, 4.69) is 69.4 Å². The number of nitriles is 1. The second-order valence-corrected chi connectivity index (χ2v) is 20.1. The monoisotopic (exact) mass is 884 g/mol. The van der Waals surface area contributed by atoms with Gasteiger partial charge in [-0.15, -0.1) is 0 Å². The molecule has 2 aromatic heterocycles. The third kappa shape index (κ3) is 9.57. The maximum Gasteiger partial charge on any atom is 0.408 e. The number of rotatable bonds is 13. The first kappa shape index (κ1) is 45.6. The number of ether oxygens (including phenoxy) is 1. The van der Waals surface area contributed by atoms with Crippen LogP contribution in [0.25, 0.3) is 10.9 Å². The Bertz CT molecular complexity index is 2490. The zero-order chi connectivity index (χ0) is 46.2. The van der Waals surface area contributed by atoms with Crippen molar-refractivity contribution in [1.29, 1.82) is 5.26 Å². The molecule has 0 spiro atoms. The quantitative estimate of drug-likeness (QED) is 0.114.